The second-order valence-electron chi connectivity index (χ2n) is 7.23. The van der Waals surface area contributed by atoms with Gasteiger partial charge in [0.15, 0.2) is 17.1 Å². The number of ether oxygens (including phenoxy) is 2. The Balaban J connectivity index is 1.91. The van der Waals surface area contributed by atoms with Gasteiger partial charge in [-0.25, -0.2) is 9.78 Å². The zero-order valence-electron chi connectivity index (χ0n) is 18.0. The van der Waals surface area contributed by atoms with Crippen molar-refractivity contribution in [2.75, 3.05) is 14.2 Å². The normalized spacial score (nSPS) is 12.0. The van der Waals surface area contributed by atoms with E-state index in [1.165, 1.54) is 33.4 Å². The number of hydrogen-bond acceptors (Lipinski definition) is 9. The molecule has 0 saturated carbocycles. The zero-order chi connectivity index (χ0) is 23.7. The van der Waals surface area contributed by atoms with Gasteiger partial charge in [-0.3, -0.25) is 19.4 Å². The second kappa shape index (κ2) is 8.65. The fourth-order valence-corrected chi connectivity index (χ4v) is 3.65. The number of ketones is 1. The number of carbonyl (C=O) groups is 3. The molecule has 2 heterocycles. The zero-order valence-corrected chi connectivity index (χ0v) is 18.0. The molecule has 168 valence electrons. The van der Waals surface area contributed by atoms with Gasteiger partial charge < -0.3 is 19.2 Å². The third-order valence-electron chi connectivity index (χ3n) is 5.09. The van der Waals surface area contributed by atoms with E-state index in [0.29, 0.717) is 16.8 Å². The SMILES string of the molecule is COC(=O)C(CC(=O)c1cccc2oc3cc(=O)c4nccc(OC)c4c-3nc12)NC(C)=O. The molecule has 0 spiro atoms. The number of Topliss-reactive ketones (excluding diaryl/α,β-unsaturated/α-hetero) is 1. The predicted molar refractivity (Wildman–Crippen MR) is 117 cm³/mol. The Morgan fingerprint density at radius 2 is 1.94 bits per heavy atom. The van der Waals surface area contributed by atoms with Crippen molar-refractivity contribution in [3.05, 3.63) is 52.3 Å². The number of nitrogens with zero attached hydrogens (tertiary/aromatic N) is 2. The van der Waals surface area contributed by atoms with Crippen molar-refractivity contribution < 1.29 is 28.3 Å². The van der Waals surface area contributed by atoms with Gasteiger partial charge in [0.2, 0.25) is 11.3 Å². The molecule has 1 atom stereocenters. The Morgan fingerprint density at radius 3 is 2.64 bits per heavy atom. The van der Waals surface area contributed by atoms with Gasteiger partial charge in [0.05, 0.1) is 19.6 Å². The van der Waals surface area contributed by atoms with E-state index in [2.05, 4.69) is 20.0 Å². The summed E-state index contributed by atoms with van der Waals surface area (Å²) in [6.07, 6.45) is 1.12. The number of rotatable bonds is 6. The van der Waals surface area contributed by atoms with Crippen LogP contribution in [0.3, 0.4) is 0 Å². The van der Waals surface area contributed by atoms with Gasteiger partial charge in [0.1, 0.15) is 28.5 Å². The number of carbonyl (C=O) groups excluding carboxylic acids is 3. The quantitative estimate of drug-likeness (QED) is 0.203. The highest BCUT2D eigenvalue weighted by molar-refractivity contribution is 6.08. The third-order valence-corrected chi connectivity index (χ3v) is 5.09. The molecule has 0 saturated heterocycles. The van der Waals surface area contributed by atoms with Crippen LogP contribution in [0.4, 0.5) is 0 Å². The third kappa shape index (κ3) is 3.98. The maximum absolute atomic E-state index is 13.1. The minimum absolute atomic E-state index is 0.157. The summed E-state index contributed by atoms with van der Waals surface area (Å²) in [6, 6.07) is 6.48. The van der Waals surface area contributed by atoms with Crippen molar-refractivity contribution in [3.8, 4) is 17.2 Å². The molecule has 1 aliphatic heterocycles. The van der Waals surface area contributed by atoms with E-state index in [9.17, 15) is 19.2 Å². The van der Waals surface area contributed by atoms with Crippen LogP contribution in [0.25, 0.3) is 33.5 Å². The Hall–Kier alpha value is -4.34. The molecule has 1 unspecified atom stereocenters. The molecule has 1 amide bonds. The average Bonchev–Trinajstić information content (AvgIpc) is 2.81. The van der Waals surface area contributed by atoms with E-state index in [-0.39, 0.29) is 39.8 Å². The molecule has 2 aliphatic rings. The lowest BCUT2D eigenvalue weighted by atomic mass is 10.0. The largest absolute Gasteiger partial charge is 0.496 e. The Labute approximate surface area is 186 Å². The number of methoxy groups -OCH3 is 2. The predicted octanol–water partition coefficient (Wildman–Crippen LogP) is 2.10. The van der Waals surface area contributed by atoms with Crippen LogP contribution in [0.15, 0.2) is 45.7 Å². The molecule has 10 heteroatoms. The van der Waals surface area contributed by atoms with Crippen LogP contribution < -0.4 is 15.5 Å². The lowest BCUT2D eigenvalue weighted by molar-refractivity contribution is -0.144. The molecular weight excluding hydrogens is 430 g/mol. The molecule has 10 nitrogen and oxygen atoms in total. The molecule has 33 heavy (non-hydrogen) atoms. The molecule has 2 aromatic rings. The summed E-state index contributed by atoms with van der Waals surface area (Å²) in [6.45, 7) is 1.24. The van der Waals surface area contributed by atoms with Crippen LogP contribution in [0, 0.1) is 0 Å². The van der Waals surface area contributed by atoms with Gasteiger partial charge in [-0.2, -0.15) is 0 Å². The van der Waals surface area contributed by atoms with Crippen molar-refractivity contribution in [3.63, 3.8) is 0 Å². The number of aromatic nitrogens is 2. The maximum Gasteiger partial charge on any atom is 0.328 e. The number of amides is 1. The molecule has 1 N–H and O–H groups in total. The molecule has 0 fully saturated rings. The van der Waals surface area contributed by atoms with Crippen LogP contribution in [-0.4, -0.2) is 47.9 Å². The first kappa shape index (κ1) is 21.9. The molecular formula is C23H19N3O7. The minimum atomic E-state index is -1.15. The number of nitrogens with one attached hydrogen (secondary N) is 1. The highest BCUT2D eigenvalue weighted by atomic mass is 16.5. The molecule has 1 aromatic heterocycles. The van der Waals surface area contributed by atoms with Crippen LogP contribution in [0.1, 0.15) is 23.7 Å². The average molecular weight is 449 g/mol. The first-order valence-electron chi connectivity index (χ1n) is 9.91. The molecule has 0 radical (unpaired) electrons. The van der Waals surface area contributed by atoms with Crippen molar-refractivity contribution in [1.82, 2.24) is 15.3 Å². The first-order valence-corrected chi connectivity index (χ1v) is 9.91. The molecule has 1 aromatic carbocycles. The fraction of sp³-hybridized carbons (Fsp3) is 0.217. The monoisotopic (exact) mass is 449 g/mol. The number of para-hydroxylation sites is 1. The van der Waals surface area contributed by atoms with Crippen LogP contribution in [0.5, 0.6) is 5.75 Å². The lowest BCUT2D eigenvalue weighted by Gasteiger charge is -2.16. The Morgan fingerprint density at radius 1 is 1.15 bits per heavy atom. The van der Waals surface area contributed by atoms with Gasteiger partial charge in [-0.15, -0.1) is 0 Å². The smallest absolute Gasteiger partial charge is 0.328 e. The highest BCUT2D eigenvalue weighted by Crippen LogP contribution is 2.35. The van der Waals surface area contributed by atoms with Crippen molar-refractivity contribution in [1.29, 1.82) is 0 Å². The summed E-state index contributed by atoms with van der Waals surface area (Å²) in [5, 5.41) is 2.78. The summed E-state index contributed by atoms with van der Waals surface area (Å²) in [4.78, 5) is 57.9. The summed E-state index contributed by atoms with van der Waals surface area (Å²) in [7, 11) is 2.63. The number of pyridine rings is 1. The van der Waals surface area contributed by atoms with Gasteiger partial charge in [0, 0.05) is 31.2 Å². The van der Waals surface area contributed by atoms with Crippen molar-refractivity contribution in [2.45, 2.75) is 19.4 Å². The van der Waals surface area contributed by atoms with E-state index >= 15 is 0 Å². The number of fused-ring (bicyclic) bond motifs is 4. The highest BCUT2D eigenvalue weighted by Gasteiger charge is 2.27. The maximum atomic E-state index is 13.1. The molecule has 1 aliphatic carbocycles. The van der Waals surface area contributed by atoms with Gasteiger partial charge in [-0.1, -0.05) is 6.07 Å². The number of esters is 1. The standard InChI is InChI=1S/C23H19N3O7/c1-11(27)25-13(23(30)32-3)9-14(28)12-5-4-6-17-20(12)26-22-18(33-17)10-15(29)21-19(22)16(31-2)7-8-24-21/h4-8,10,13H,9H2,1-3H3,(H,25,27). The summed E-state index contributed by atoms with van der Waals surface area (Å²) < 4.78 is 16.0. The lowest BCUT2D eigenvalue weighted by Crippen LogP contribution is -2.41. The molecule has 0 bridgehead atoms. The Bertz CT molecular complexity index is 1440. The van der Waals surface area contributed by atoms with E-state index in [4.69, 9.17) is 9.15 Å². The second-order valence-corrected chi connectivity index (χ2v) is 7.23. The Kier molecular flexibility index (Phi) is 5.74. The number of benzene rings is 2. The van der Waals surface area contributed by atoms with E-state index in [1.807, 2.05) is 0 Å². The fourth-order valence-electron chi connectivity index (χ4n) is 3.65. The van der Waals surface area contributed by atoms with E-state index in [0.717, 1.165) is 0 Å². The van der Waals surface area contributed by atoms with Crippen LogP contribution in [0.2, 0.25) is 0 Å². The van der Waals surface area contributed by atoms with E-state index < -0.39 is 23.7 Å². The van der Waals surface area contributed by atoms with Gasteiger partial charge in [-0.05, 0) is 18.2 Å². The minimum Gasteiger partial charge on any atom is -0.496 e. The van der Waals surface area contributed by atoms with Crippen molar-refractivity contribution in [2.24, 2.45) is 0 Å². The van der Waals surface area contributed by atoms with Gasteiger partial charge >= 0.3 is 5.97 Å². The van der Waals surface area contributed by atoms with Crippen LogP contribution in [-0.2, 0) is 14.3 Å². The summed E-state index contributed by atoms with van der Waals surface area (Å²) in [5.41, 5.74) is 0.776. The topological polar surface area (TPSA) is 138 Å². The van der Waals surface area contributed by atoms with Crippen molar-refractivity contribution >= 4 is 39.7 Å². The summed E-state index contributed by atoms with van der Waals surface area (Å²) in [5.74, 6) is -1.09. The summed E-state index contributed by atoms with van der Waals surface area (Å²) >= 11 is 0. The molecule has 4 rings (SSSR count). The first-order chi connectivity index (χ1) is 15.8. The van der Waals surface area contributed by atoms with Crippen LogP contribution >= 0.6 is 0 Å². The van der Waals surface area contributed by atoms with E-state index in [1.54, 1.807) is 24.3 Å². The number of hydrogen-bond donors (Lipinski definition) is 1. The van der Waals surface area contributed by atoms with Gasteiger partial charge in [0.25, 0.3) is 0 Å².